The summed E-state index contributed by atoms with van der Waals surface area (Å²) in [5.41, 5.74) is 11.9. The zero-order valence-electron chi connectivity index (χ0n) is 58.2. The molecule has 7 nitrogen and oxygen atoms in total. The van der Waals surface area contributed by atoms with E-state index in [2.05, 4.69) is 271 Å². The van der Waals surface area contributed by atoms with Crippen LogP contribution in [0.2, 0.25) is 0 Å². The van der Waals surface area contributed by atoms with Crippen LogP contribution in [-0.2, 0) is 0 Å². The normalized spacial score (nSPS) is 10.8. The van der Waals surface area contributed by atoms with E-state index in [0.717, 1.165) is 107 Å². The molecule has 0 fully saturated rings. The summed E-state index contributed by atoms with van der Waals surface area (Å²) in [6.45, 7) is 64.8. The summed E-state index contributed by atoms with van der Waals surface area (Å²) in [5, 5.41) is 4.89. The van der Waals surface area contributed by atoms with Crippen molar-refractivity contribution in [3.63, 3.8) is 0 Å². The third kappa shape index (κ3) is 27.7. The van der Waals surface area contributed by atoms with Gasteiger partial charge in [0, 0.05) is 128 Å². The molecule has 6 rings (SSSR count). The first kappa shape index (κ1) is 76.7. The summed E-state index contributed by atoms with van der Waals surface area (Å²) >= 11 is 0. The topological polar surface area (TPSA) is 42.0 Å². The van der Waals surface area contributed by atoms with E-state index in [1.165, 1.54) is 68.3 Å². The predicted molar refractivity (Wildman–Crippen MR) is 388 cm³/mol. The molecule has 0 aliphatic rings. The second kappa shape index (κ2) is 44.2. The van der Waals surface area contributed by atoms with Crippen molar-refractivity contribution in [3.8, 4) is 22.5 Å². The van der Waals surface area contributed by atoms with Crippen molar-refractivity contribution < 1.29 is 0 Å². The number of pyridine rings is 2. The average molecular weight is 1160 g/mol. The van der Waals surface area contributed by atoms with E-state index in [1.807, 2.05) is 45.3 Å². The van der Waals surface area contributed by atoms with Crippen LogP contribution >= 0.6 is 0 Å². The lowest BCUT2D eigenvalue weighted by atomic mass is 10.0. The van der Waals surface area contributed by atoms with Gasteiger partial charge in [-0.15, -0.1) is 0 Å². The van der Waals surface area contributed by atoms with E-state index in [4.69, 9.17) is 9.97 Å². The highest BCUT2D eigenvalue weighted by Gasteiger charge is 2.19. The first-order valence-corrected chi connectivity index (χ1v) is 33.2. The first-order chi connectivity index (χ1) is 40.8. The maximum atomic E-state index is 4.88. The largest absolute Gasteiger partial charge is 0.372 e. The standard InChI is InChI=1S/C31H45N3.C23H29N3.C16H27N.2C3H8.C2H6/c1-22(2)18-33(19-23(3)4)28-15-27(31-30-12-10-9-11-26(30)13-14-32-31)16-29(17-28)34(20-24(5)6)21-25(7)8;1-5-25(6-2)20-15-19(16-21(17-20)26(7-3)8-4)23-22-12-10-9-11-18(22)13-14-24-23;1-6-10-15(4)11-9-12-16(5)17(13-7-2)14-8-3;2*1-3-2;1-2/h9-17,22-25H,18-21H2,1-8H3;9-17H,5-8H2,1-4H3;6,9-10,12H,4-5,7-8,11,13-14H2,1-3H3;2*3H2,1-2H3;1-2H3/b;;10-6-,12-9+;;;. The van der Waals surface area contributed by atoms with Crippen LogP contribution in [0.1, 0.15) is 178 Å². The van der Waals surface area contributed by atoms with Gasteiger partial charge in [-0.2, -0.15) is 0 Å². The molecule has 0 aliphatic carbocycles. The molecule has 0 saturated carbocycles. The summed E-state index contributed by atoms with van der Waals surface area (Å²) < 4.78 is 0. The third-order valence-corrected chi connectivity index (χ3v) is 13.5. The van der Waals surface area contributed by atoms with Crippen molar-refractivity contribution in [2.75, 3.05) is 85.0 Å². The van der Waals surface area contributed by atoms with E-state index < -0.39 is 0 Å². The van der Waals surface area contributed by atoms with Crippen LogP contribution in [0.25, 0.3) is 44.1 Å². The molecular weight excluding hydrogens is 1030 g/mol. The highest BCUT2D eigenvalue weighted by molar-refractivity contribution is 5.96. The van der Waals surface area contributed by atoms with Gasteiger partial charge in [-0.1, -0.05) is 209 Å². The van der Waals surface area contributed by atoms with Crippen LogP contribution in [0.4, 0.5) is 22.7 Å². The van der Waals surface area contributed by atoms with Crippen molar-refractivity contribution in [3.05, 3.63) is 158 Å². The van der Waals surface area contributed by atoms with Crippen LogP contribution in [0.5, 0.6) is 0 Å². The van der Waals surface area contributed by atoms with Gasteiger partial charge in [0.15, 0.2) is 0 Å². The summed E-state index contributed by atoms with van der Waals surface area (Å²) in [6, 6.07) is 35.3. The summed E-state index contributed by atoms with van der Waals surface area (Å²) in [4.78, 5) is 21.9. The zero-order valence-corrected chi connectivity index (χ0v) is 58.2. The molecule has 0 amide bonds. The van der Waals surface area contributed by atoms with Crippen molar-refractivity contribution in [2.24, 2.45) is 23.7 Å². The molecular formula is C78H123N7. The number of benzene rings is 4. The molecule has 2 aromatic heterocycles. The Balaban J connectivity index is 0.000000628. The lowest BCUT2D eigenvalue weighted by Gasteiger charge is -2.33. The SMILES string of the molecule is C=C(/C=C\C)C/C=C/C(=C)N(CCC)CCC.CC.CC(C)CN(CC(C)C)c1cc(-c2nccc3ccccc23)cc(N(CC(C)C)CC(C)C)c1.CCC.CCC.CCN(CC)c1cc(-c2nccc3ccccc23)cc(N(CC)CC)c1. The Morgan fingerprint density at radius 2 is 0.788 bits per heavy atom. The van der Waals surface area contributed by atoms with Crippen LogP contribution in [0, 0.1) is 23.7 Å². The van der Waals surface area contributed by atoms with Crippen LogP contribution in [0.15, 0.2) is 158 Å². The number of hydrogen-bond acceptors (Lipinski definition) is 7. The third-order valence-electron chi connectivity index (χ3n) is 13.5. The van der Waals surface area contributed by atoms with Gasteiger partial charge in [0.1, 0.15) is 0 Å². The second-order valence-electron chi connectivity index (χ2n) is 23.6. The monoisotopic (exact) mass is 1160 g/mol. The summed E-state index contributed by atoms with van der Waals surface area (Å²) in [7, 11) is 0. The number of anilines is 4. The molecule has 4 aromatic carbocycles. The first-order valence-electron chi connectivity index (χ1n) is 33.2. The van der Waals surface area contributed by atoms with Gasteiger partial charge in [0.05, 0.1) is 11.4 Å². The smallest absolute Gasteiger partial charge is 0.0781 e. The lowest BCUT2D eigenvalue weighted by molar-refractivity contribution is 0.356. The Morgan fingerprint density at radius 3 is 1.09 bits per heavy atom. The van der Waals surface area contributed by atoms with Gasteiger partial charge in [-0.25, -0.2) is 0 Å². The minimum atomic E-state index is 0.601. The molecule has 85 heavy (non-hydrogen) atoms. The Labute approximate surface area is 523 Å². The summed E-state index contributed by atoms with van der Waals surface area (Å²) in [6.07, 6.45) is 17.9. The molecule has 0 spiro atoms. The minimum absolute atomic E-state index is 0.601. The number of hydrogen-bond donors (Lipinski definition) is 0. The Kier molecular flexibility index (Phi) is 39.8. The van der Waals surface area contributed by atoms with Crippen molar-refractivity contribution in [1.29, 1.82) is 0 Å². The molecule has 0 saturated heterocycles. The zero-order chi connectivity index (χ0) is 63.9. The number of nitrogens with zero attached hydrogens (tertiary/aromatic N) is 7. The molecule has 0 unspecified atom stereocenters. The van der Waals surface area contributed by atoms with Gasteiger partial charge in [-0.05, 0) is 143 Å². The van der Waals surface area contributed by atoms with E-state index in [-0.39, 0.29) is 0 Å². The molecule has 0 radical (unpaired) electrons. The Bertz CT molecular complexity index is 2680. The van der Waals surface area contributed by atoms with Gasteiger partial charge in [-0.3, -0.25) is 9.97 Å². The predicted octanol–water partition coefficient (Wildman–Crippen LogP) is 22.3. The van der Waals surface area contributed by atoms with Crippen molar-refractivity contribution >= 4 is 44.3 Å². The molecule has 7 heteroatoms. The number of allylic oxidation sites excluding steroid dienone is 5. The Morgan fingerprint density at radius 1 is 0.459 bits per heavy atom. The molecule has 470 valence electrons. The molecule has 0 aliphatic heterocycles. The van der Waals surface area contributed by atoms with Crippen molar-refractivity contribution in [2.45, 2.75) is 178 Å². The number of fused-ring (bicyclic) bond motifs is 2. The average Bonchev–Trinajstić information content (AvgIpc) is 3.62. The summed E-state index contributed by atoms with van der Waals surface area (Å²) in [5.74, 6) is 2.40. The molecule has 0 atom stereocenters. The Hall–Kier alpha value is -6.34. The fourth-order valence-electron chi connectivity index (χ4n) is 10.1. The van der Waals surface area contributed by atoms with Crippen LogP contribution < -0.4 is 19.6 Å². The lowest BCUT2D eigenvalue weighted by Crippen LogP contribution is -2.33. The van der Waals surface area contributed by atoms with Crippen molar-refractivity contribution in [1.82, 2.24) is 14.9 Å². The highest BCUT2D eigenvalue weighted by atomic mass is 15.2. The minimum Gasteiger partial charge on any atom is -0.372 e. The fraction of sp³-hybridized carbons (Fsp3) is 0.513. The van der Waals surface area contributed by atoms with E-state index in [0.29, 0.717) is 23.7 Å². The number of rotatable bonds is 27. The van der Waals surface area contributed by atoms with E-state index in [1.54, 1.807) is 0 Å². The van der Waals surface area contributed by atoms with E-state index in [9.17, 15) is 0 Å². The van der Waals surface area contributed by atoms with E-state index >= 15 is 0 Å². The van der Waals surface area contributed by atoms with Crippen LogP contribution in [0.3, 0.4) is 0 Å². The van der Waals surface area contributed by atoms with Crippen LogP contribution in [-0.4, -0.2) is 80.3 Å². The highest BCUT2D eigenvalue weighted by Crippen LogP contribution is 2.36. The number of aromatic nitrogens is 2. The van der Waals surface area contributed by atoms with Gasteiger partial charge < -0.3 is 24.5 Å². The second-order valence-corrected chi connectivity index (χ2v) is 23.6. The quantitative estimate of drug-likeness (QED) is 0.0476. The van der Waals surface area contributed by atoms with Gasteiger partial charge >= 0.3 is 0 Å². The van der Waals surface area contributed by atoms with Gasteiger partial charge in [0.25, 0.3) is 0 Å². The van der Waals surface area contributed by atoms with Gasteiger partial charge in [0.2, 0.25) is 0 Å². The molecule has 2 heterocycles. The molecule has 0 N–H and O–H groups in total. The fourth-order valence-corrected chi connectivity index (χ4v) is 10.1. The molecule has 0 bridgehead atoms. The maximum absolute atomic E-state index is 4.88. The maximum Gasteiger partial charge on any atom is 0.0781 e. The molecule has 6 aromatic rings.